The number of nitrogens with two attached hydrogens (primary N) is 1. The minimum absolute atomic E-state index is 0.00648. The van der Waals surface area contributed by atoms with Crippen LogP contribution in [-0.2, 0) is 19.1 Å². The van der Waals surface area contributed by atoms with Gasteiger partial charge in [0.05, 0.1) is 13.2 Å². The molecular weight excluding hydrogens is 398 g/mol. The highest BCUT2D eigenvalue weighted by molar-refractivity contribution is 6.09. The van der Waals surface area contributed by atoms with Gasteiger partial charge in [0.2, 0.25) is 5.91 Å². The quantitative estimate of drug-likeness (QED) is 0.613. The minimum Gasteiger partial charge on any atom is -0.370 e. The Bertz CT molecular complexity index is 765. The maximum absolute atomic E-state index is 13.1. The first-order valence-electron chi connectivity index (χ1n) is 9.58. The van der Waals surface area contributed by atoms with E-state index in [1.54, 1.807) is 29.2 Å². The van der Waals surface area contributed by atoms with E-state index in [0.29, 0.717) is 24.5 Å². The third-order valence-corrected chi connectivity index (χ3v) is 4.37. The number of nitrogens with zero attached hydrogens (tertiary/aromatic N) is 2. The Kier molecular flexibility index (Phi) is 7.85. The first kappa shape index (κ1) is 23.7. The van der Waals surface area contributed by atoms with Crippen molar-refractivity contribution in [2.24, 2.45) is 11.1 Å². The van der Waals surface area contributed by atoms with Crippen LogP contribution in [0.1, 0.15) is 20.8 Å². The number of alkyl halides is 2. The van der Waals surface area contributed by atoms with Gasteiger partial charge in [-0.2, -0.15) is 0 Å². The molecule has 10 heteroatoms. The lowest BCUT2D eigenvalue weighted by molar-refractivity contribution is -0.134. The molecule has 3 amide bonds. The molecule has 0 saturated carbocycles. The van der Waals surface area contributed by atoms with E-state index in [-0.39, 0.29) is 19.1 Å². The van der Waals surface area contributed by atoms with Crippen LogP contribution in [0.25, 0.3) is 0 Å². The van der Waals surface area contributed by atoms with Crippen LogP contribution in [0.2, 0.25) is 0 Å². The molecule has 0 bridgehead atoms. The van der Waals surface area contributed by atoms with Crippen LogP contribution in [0.4, 0.5) is 20.2 Å². The maximum Gasteiger partial charge on any atom is 0.253 e. The maximum atomic E-state index is 13.1. The fourth-order valence-electron chi connectivity index (χ4n) is 3.25. The molecule has 1 fully saturated rings. The van der Waals surface area contributed by atoms with E-state index >= 15 is 0 Å². The molecule has 3 N–H and O–H groups in total. The highest BCUT2D eigenvalue weighted by Gasteiger charge is 2.35. The van der Waals surface area contributed by atoms with E-state index in [4.69, 9.17) is 10.5 Å². The molecule has 1 heterocycles. The van der Waals surface area contributed by atoms with Crippen LogP contribution >= 0.6 is 0 Å². The molecule has 1 aliphatic heterocycles. The largest absolute Gasteiger partial charge is 0.370 e. The highest BCUT2D eigenvalue weighted by atomic mass is 19.3. The second kappa shape index (κ2) is 9.94. The number of nitrogens with one attached hydrogen (secondary N) is 1. The zero-order valence-electron chi connectivity index (χ0n) is 17.4. The molecule has 30 heavy (non-hydrogen) atoms. The molecule has 1 saturated heterocycles. The number of carbonyl (C=O) groups excluding carboxylic acids is 3. The first-order valence-corrected chi connectivity index (χ1v) is 9.58. The summed E-state index contributed by atoms with van der Waals surface area (Å²) in [5, 5.41) is 2.55. The van der Waals surface area contributed by atoms with Crippen LogP contribution in [-0.4, -0.2) is 67.9 Å². The van der Waals surface area contributed by atoms with Gasteiger partial charge < -0.3 is 20.7 Å². The molecule has 166 valence electrons. The van der Waals surface area contributed by atoms with Gasteiger partial charge in [-0.3, -0.25) is 19.3 Å². The number of rotatable bonds is 8. The van der Waals surface area contributed by atoms with E-state index in [1.165, 1.54) is 0 Å². The Labute approximate surface area is 174 Å². The molecular formula is C20H28F2N4O4. The average molecular weight is 426 g/mol. The van der Waals surface area contributed by atoms with Gasteiger partial charge in [0.1, 0.15) is 6.61 Å². The number of carbonyl (C=O) groups is 3. The van der Waals surface area contributed by atoms with E-state index in [9.17, 15) is 23.2 Å². The van der Waals surface area contributed by atoms with Crippen molar-refractivity contribution in [3.63, 3.8) is 0 Å². The summed E-state index contributed by atoms with van der Waals surface area (Å²) in [6.07, 6.45) is -2.73. The van der Waals surface area contributed by atoms with Gasteiger partial charge in [-0.25, -0.2) is 8.78 Å². The van der Waals surface area contributed by atoms with E-state index in [2.05, 4.69) is 5.32 Å². The molecule has 0 aliphatic carbocycles. The van der Waals surface area contributed by atoms with Gasteiger partial charge in [-0.05, 0) is 29.7 Å². The normalized spacial score (nSPS) is 16.1. The second-order valence-electron chi connectivity index (χ2n) is 8.32. The topological polar surface area (TPSA) is 105 Å². The van der Waals surface area contributed by atoms with E-state index in [1.807, 2.05) is 20.8 Å². The smallest absolute Gasteiger partial charge is 0.253 e. The Morgan fingerprint density at radius 3 is 2.40 bits per heavy atom. The van der Waals surface area contributed by atoms with Crippen molar-refractivity contribution in [1.29, 1.82) is 0 Å². The zero-order chi connectivity index (χ0) is 22.5. The van der Waals surface area contributed by atoms with Crippen LogP contribution in [0, 0.1) is 5.41 Å². The summed E-state index contributed by atoms with van der Waals surface area (Å²) >= 11 is 0. The summed E-state index contributed by atoms with van der Waals surface area (Å²) in [5.41, 5.74) is 5.94. The molecule has 0 aromatic heterocycles. The number of anilines is 2. The Balaban J connectivity index is 2.15. The van der Waals surface area contributed by atoms with Crippen LogP contribution < -0.4 is 16.0 Å². The predicted octanol–water partition coefficient (Wildman–Crippen LogP) is 1.46. The molecule has 2 rings (SSSR count). The standard InChI is InChI=1S/C20H28F2N4O4/c1-20(2,3)12-25(10-15(21)22)17(18(23)28)19(29)24-13-4-6-14(7-5-13)26-8-9-30-11-16(26)27/h4-7,15,17H,8-12H2,1-3H3,(H2,23,28)(H,24,29)/t17-/m1/s1. The minimum atomic E-state index is -2.73. The molecule has 1 aromatic carbocycles. The van der Waals surface area contributed by atoms with Gasteiger partial charge in [-0.15, -0.1) is 0 Å². The monoisotopic (exact) mass is 426 g/mol. The number of amides is 3. The lowest BCUT2D eigenvalue weighted by atomic mass is 9.95. The number of primary amides is 1. The van der Waals surface area contributed by atoms with Crippen molar-refractivity contribution in [1.82, 2.24) is 4.90 Å². The van der Waals surface area contributed by atoms with Crippen LogP contribution in [0.15, 0.2) is 24.3 Å². The van der Waals surface area contributed by atoms with Gasteiger partial charge in [-0.1, -0.05) is 20.8 Å². The summed E-state index contributed by atoms with van der Waals surface area (Å²) in [4.78, 5) is 39.3. The molecule has 0 unspecified atom stereocenters. The molecule has 0 radical (unpaired) electrons. The fraction of sp³-hybridized carbons (Fsp3) is 0.550. The highest BCUT2D eigenvalue weighted by Crippen LogP contribution is 2.22. The summed E-state index contributed by atoms with van der Waals surface area (Å²) in [7, 11) is 0. The summed E-state index contributed by atoms with van der Waals surface area (Å²) in [6, 6.07) is 4.87. The SMILES string of the molecule is CC(C)(C)CN(CC(F)F)[C@H](C(N)=O)C(=O)Nc1ccc(N2CCOCC2=O)cc1. The van der Waals surface area contributed by atoms with Crippen molar-refractivity contribution in [2.75, 3.05) is 43.1 Å². The second-order valence-corrected chi connectivity index (χ2v) is 8.32. The molecule has 1 aliphatic rings. The number of hydrogen-bond donors (Lipinski definition) is 2. The molecule has 8 nitrogen and oxygen atoms in total. The number of morpholine rings is 1. The molecule has 0 spiro atoms. The van der Waals surface area contributed by atoms with Crippen molar-refractivity contribution < 1.29 is 27.9 Å². The molecule has 1 aromatic rings. The van der Waals surface area contributed by atoms with Crippen LogP contribution in [0.5, 0.6) is 0 Å². The lowest BCUT2D eigenvalue weighted by Crippen LogP contribution is -2.55. The van der Waals surface area contributed by atoms with E-state index in [0.717, 1.165) is 4.90 Å². The number of ether oxygens (including phenoxy) is 1. The first-order chi connectivity index (χ1) is 14.0. The summed E-state index contributed by atoms with van der Waals surface area (Å²) in [6.45, 7) is 5.62. The van der Waals surface area contributed by atoms with Crippen LogP contribution in [0.3, 0.4) is 0 Å². The third kappa shape index (κ3) is 6.74. The third-order valence-electron chi connectivity index (χ3n) is 4.37. The van der Waals surface area contributed by atoms with Gasteiger partial charge >= 0.3 is 0 Å². The Morgan fingerprint density at radius 2 is 1.90 bits per heavy atom. The number of hydrogen-bond acceptors (Lipinski definition) is 5. The predicted molar refractivity (Wildman–Crippen MR) is 108 cm³/mol. The fourth-order valence-corrected chi connectivity index (χ4v) is 3.25. The van der Waals surface area contributed by atoms with Crippen molar-refractivity contribution in [2.45, 2.75) is 33.2 Å². The Hall–Kier alpha value is -2.59. The van der Waals surface area contributed by atoms with E-state index < -0.39 is 36.2 Å². The summed E-state index contributed by atoms with van der Waals surface area (Å²) < 4.78 is 31.2. The average Bonchev–Trinajstić information content (AvgIpc) is 2.60. The number of halogens is 2. The van der Waals surface area contributed by atoms with Crippen molar-refractivity contribution >= 4 is 29.1 Å². The Morgan fingerprint density at radius 1 is 1.27 bits per heavy atom. The van der Waals surface area contributed by atoms with Crippen molar-refractivity contribution in [3.8, 4) is 0 Å². The van der Waals surface area contributed by atoms with Gasteiger partial charge in [0.15, 0.2) is 6.04 Å². The number of benzene rings is 1. The van der Waals surface area contributed by atoms with Crippen molar-refractivity contribution in [3.05, 3.63) is 24.3 Å². The van der Waals surface area contributed by atoms with Gasteiger partial charge in [0.25, 0.3) is 18.2 Å². The zero-order valence-corrected chi connectivity index (χ0v) is 17.4. The summed E-state index contributed by atoms with van der Waals surface area (Å²) in [5.74, 6) is -1.97. The molecule has 1 atom stereocenters. The van der Waals surface area contributed by atoms with Gasteiger partial charge in [0, 0.05) is 24.5 Å². The lowest BCUT2D eigenvalue weighted by Gasteiger charge is -2.33.